The van der Waals surface area contributed by atoms with Crippen molar-refractivity contribution in [1.29, 1.82) is 0 Å². The minimum Gasteiger partial charge on any atom is -0.378 e. The summed E-state index contributed by atoms with van der Waals surface area (Å²) in [7, 11) is 1.74. The summed E-state index contributed by atoms with van der Waals surface area (Å²) in [5.41, 5.74) is 1.09. The van der Waals surface area contributed by atoms with Gasteiger partial charge in [-0.2, -0.15) is 0 Å². The number of ether oxygens (including phenoxy) is 1. The lowest BCUT2D eigenvalue weighted by atomic mass is 10.3. The van der Waals surface area contributed by atoms with Crippen LogP contribution in [-0.2, 0) is 17.9 Å². The number of methoxy groups -OCH3 is 1. The van der Waals surface area contributed by atoms with E-state index in [0.29, 0.717) is 6.61 Å². The lowest BCUT2D eigenvalue weighted by Gasteiger charge is -2.34. The van der Waals surface area contributed by atoms with Gasteiger partial charge in [0.05, 0.1) is 12.3 Å². The first-order valence-corrected chi connectivity index (χ1v) is 8.75. The standard InChI is InChI=1S/C15H28N4OS/c1-4-6-18-7-9-19(10-8-18)15-17-13(12-20-3)14(21-15)11-16-5-2/h16H,4-12H2,1-3H3. The number of hydrogen-bond acceptors (Lipinski definition) is 6. The summed E-state index contributed by atoms with van der Waals surface area (Å²) in [6, 6.07) is 0. The van der Waals surface area contributed by atoms with Gasteiger partial charge in [-0.3, -0.25) is 4.90 Å². The van der Waals surface area contributed by atoms with Crippen molar-refractivity contribution in [2.24, 2.45) is 0 Å². The average molecular weight is 312 g/mol. The van der Waals surface area contributed by atoms with Crippen molar-refractivity contribution in [1.82, 2.24) is 15.2 Å². The van der Waals surface area contributed by atoms with Gasteiger partial charge >= 0.3 is 0 Å². The third-order valence-corrected chi connectivity index (χ3v) is 4.92. The highest BCUT2D eigenvalue weighted by Gasteiger charge is 2.20. The van der Waals surface area contributed by atoms with E-state index < -0.39 is 0 Å². The Balaban J connectivity index is 1.99. The fourth-order valence-electron chi connectivity index (χ4n) is 2.61. The van der Waals surface area contributed by atoms with Crippen molar-refractivity contribution in [3.8, 4) is 0 Å². The molecule has 2 heterocycles. The maximum absolute atomic E-state index is 5.29. The molecule has 0 atom stereocenters. The second-order valence-corrected chi connectivity index (χ2v) is 6.47. The summed E-state index contributed by atoms with van der Waals surface area (Å²) in [6.45, 7) is 12.5. The van der Waals surface area contributed by atoms with E-state index in [4.69, 9.17) is 9.72 Å². The highest BCUT2D eigenvalue weighted by atomic mass is 32.1. The summed E-state index contributed by atoms with van der Waals surface area (Å²) >= 11 is 1.81. The van der Waals surface area contributed by atoms with Crippen LogP contribution in [0.5, 0.6) is 0 Å². The zero-order valence-electron chi connectivity index (χ0n) is 13.5. The third-order valence-electron chi connectivity index (χ3n) is 3.77. The molecule has 1 aliphatic rings. The summed E-state index contributed by atoms with van der Waals surface area (Å²) < 4.78 is 5.29. The molecule has 2 rings (SSSR count). The fourth-order valence-corrected chi connectivity index (χ4v) is 3.69. The van der Waals surface area contributed by atoms with Crippen LogP contribution in [0, 0.1) is 0 Å². The van der Waals surface area contributed by atoms with E-state index >= 15 is 0 Å². The lowest BCUT2D eigenvalue weighted by molar-refractivity contribution is 0.181. The van der Waals surface area contributed by atoms with Gasteiger partial charge in [0, 0.05) is 44.7 Å². The maximum atomic E-state index is 5.29. The van der Waals surface area contributed by atoms with Crippen molar-refractivity contribution >= 4 is 16.5 Å². The van der Waals surface area contributed by atoms with Crippen molar-refractivity contribution in [2.75, 3.05) is 51.3 Å². The number of anilines is 1. The number of rotatable bonds is 8. The Hall–Kier alpha value is -0.690. The molecule has 6 heteroatoms. The van der Waals surface area contributed by atoms with Gasteiger partial charge in [0.1, 0.15) is 0 Å². The van der Waals surface area contributed by atoms with Gasteiger partial charge in [-0.05, 0) is 19.5 Å². The number of piperazine rings is 1. The van der Waals surface area contributed by atoms with Gasteiger partial charge in [-0.1, -0.05) is 13.8 Å². The number of thiazole rings is 1. The van der Waals surface area contributed by atoms with E-state index in [1.54, 1.807) is 7.11 Å². The Morgan fingerprint density at radius 2 is 2.00 bits per heavy atom. The topological polar surface area (TPSA) is 40.6 Å². The van der Waals surface area contributed by atoms with Crippen molar-refractivity contribution < 1.29 is 4.74 Å². The number of aromatic nitrogens is 1. The Bertz CT molecular complexity index is 416. The number of nitrogens with one attached hydrogen (secondary N) is 1. The van der Waals surface area contributed by atoms with Crippen LogP contribution in [0.15, 0.2) is 0 Å². The second kappa shape index (κ2) is 8.68. The van der Waals surface area contributed by atoms with Crippen LogP contribution in [0.3, 0.4) is 0 Å². The molecule has 1 N–H and O–H groups in total. The van der Waals surface area contributed by atoms with Gasteiger partial charge in [-0.25, -0.2) is 4.98 Å². The van der Waals surface area contributed by atoms with Gasteiger partial charge < -0.3 is 15.0 Å². The summed E-state index contributed by atoms with van der Waals surface area (Å²) in [4.78, 5) is 11.1. The lowest BCUT2D eigenvalue weighted by Crippen LogP contribution is -2.46. The highest BCUT2D eigenvalue weighted by Crippen LogP contribution is 2.27. The van der Waals surface area contributed by atoms with Crippen molar-refractivity contribution in [3.05, 3.63) is 10.6 Å². The molecular weight excluding hydrogens is 284 g/mol. The first-order valence-electron chi connectivity index (χ1n) is 7.94. The monoisotopic (exact) mass is 312 g/mol. The largest absolute Gasteiger partial charge is 0.378 e. The van der Waals surface area contributed by atoms with E-state index in [0.717, 1.165) is 50.1 Å². The summed E-state index contributed by atoms with van der Waals surface area (Å²) in [6.07, 6.45) is 1.24. The van der Waals surface area contributed by atoms with Crippen molar-refractivity contribution in [2.45, 2.75) is 33.4 Å². The molecule has 0 amide bonds. The maximum Gasteiger partial charge on any atom is 0.186 e. The summed E-state index contributed by atoms with van der Waals surface area (Å²) in [5, 5.41) is 4.55. The van der Waals surface area contributed by atoms with Gasteiger partial charge in [0.25, 0.3) is 0 Å². The van der Waals surface area contributed by atoms with Crippen LogP contribution in [0.1, 0.15) is 30.8 Å². The van der Waals surface area contributed by atoms with E-state index in [1.807, 2.05) is 11.3 Å². The Labute approximate surface area is 132 Å². The van der Waals surface area contributed by atoms with Crippen molar-refractivity contribution in [3.63, 3.8) is 0 Å². The van der Waals surface area contributed by atoms with Crippen LogP contribution in [0.25, 0.3) is 0 Å². The van der Waals surface area contributed by atoms with E-state index in [9.17, 15) is 0 Å². The van der Waals surface area contributed by atoms with Crippen LogP contribution < -0.4 is 10.2 Å². The Kier molecular flexibility index (Phi) is 6.89. The van der Waals surface area contributed by atoms with Gasteiger partial charge in [0.2, 0.25) is 0 Å². The predicted molar refractivity (Wildman–Crippen MR) is 89.2 cm³/mol. The first-order chi connectivity index (χ1) is 10.3. The molecular formula is C15H28N4OS. The minimum atomic E-state index is 0.604. The summed E-state index contributed by atoms with van der Waals surface area (Å²) in [5.74, 6) is 0. The Morgan fingerprint density at radius 3 is 2.62 bits per heavy atom. The first kappa shape index (κ1) is 16.7. The third kappa shape index (κ3) is 4.64. The quantitative estimate of drug-likeness (QED) is 0.794. The molecule has 1 aromatic rings. The van der Waals surface area contributed by atoms with E-state index in [2.05, 4.69) is 29.0 Å². The molecule has 0 aliphatic carbocycles. The zero-order valence-corrected chi connectivity index (χ0v) is 14.3. The van der Waals surface area contributed by atoms with Gasteiger partial charge in [0.15, 0.2) is 5.13 Å². The number of nitrogens with zero attached hydrogens (tertiary/aromatic N) is 3. The number of hydrogen-bond donors (Lipinski definition) is 1. The molecule has 0 spiro atoms. The molecule has 0 bridgehead atoms. The molecule has 0 unspecified atom stereocenters. The normalized spacial score (nSPS) is 16.6. The molecule has 1 fully saturated rings. The molecule has 21 heavy (non-hydrogen) atoms. The highest BCUT2D eigenvalue weighted by molar-refractivity contribution is 7.15. The molecule has 0 radical (unpaired) electrons. The molecule has 120 valence electrons. The molecule has 5 nitrogen and oxygen atoms in total. The fraction of sp³-hybridized carbons (Fsp3) is 0.800. The molecule has 1 aromatic heterocycles. The Morgan fingerprint density at radius 1 is 1.24 bits per heavy atom. The molecule has 1 aliphatic heterocycles. The minimum absolute atomic E-state index is 0.604. The SMILES string of the molecule is CCCN1CCN(c2nc(COC)c(CNCC)s2)CC1. The molecule has 0 aromatic carbocycles. The predicted octanol–water partition coefficient (Wildman–Crippen LogP) is 1.93. The average Bonchev–Trinajstić information content (AvgIpc) is 2.90. The second-order valence-electron chi connectivity index (χ2n) is 5.41. The molecule has 1 saturated heterocycles. The zero-order chi connectivity index (χ0) is 15.1. The molecule has 0 saturated carbocycles. The van der Waals surface area contributed by atoms with Crippen LogP contribution >= 0.6 is 11.3 Å². The van der Waals surface area contributed by atoms with Gasteiger partial charge in [-0.15, -0.1) is 11.3 Å². The van der Waals surface area contributed by atoms with Crippen LogP contribution in [0.4, 0.5) is 5.13 Å². The van der Waals surface area contributed by atoms with E-state index in [1.165, 1.54) is 17.8 Å². The van der Waals surface area contributed by atoms with Crippen LogP contribution in [0.2, 0.25) is 0 Å². The van der Waals surface area contributed by atoms with Crippen LogP contribution in [-0.4, -0.2) is 56.3 Å². The smallest absolute Gasteiger partial charge is 0.186 e. The van der Waals surface area contributed by atoms with E-state index in [-0.39, 0.29) is 0 Å².